The van der Waals surface area contributed by atoms with Crippen LogP contribution in [0.4, 0.5) is 15.3 Å². The zero-order valence-corrected chi connectivity index (χ0v) is 43.1. The number of methoxy groups -OCH3 is 1. The van der Waals surface area contributed by atoms with Crippen molar-refractivity contribution in [1.82, 2.24) is 25.8 Å². The van der Waals surface area contributed by atoms with Crippen molar-refractivity contribution in [3.63, 3.8) is 0 Å². The van der Waals surface area contributed by atoms with Gasteiger partial charge in [-0.1, -0.05) is 72.4 Å². The van der Waals surface area contributed by atoms with Crippen LogP contribution >= 0.6 is 0 Å². The number of unbranched alkanes of at least 4 members (excludes halogenated alkanes) is 2. The van der Waals surface area contributed by atoms with Crippen LogP contribution in [0.3, 0.4) is 0 Å². The van der Waals surface area contributed by atoms with Crippen LogP contribution in [-0.4, -0.2) is 114 Å². The van der Waals surface area contributed by atoms with E-state index in [9.17, 15) is 43.2 Å². The first-order valence-corrected chi connectivity index (χ1v) is 25.2. The van der Waals surface area contributed by atoms with Crippen LogP contribution in [0.5, 0.6) is 0 Å². The molecule has 1 aromatic carbocycles. The largest absolute Gasteiger partial charge is 0.445 e. The molecule has 0 aromatic heterocycles. The van der Waals surface area contributed by atoms with E-state index in [2.05, 4.69) is 28.2 Å². The van der Waals surface area contributed by atoms with Gasteiger partial charge in [-0.05, 0) is 94.2 Å². The van der Waals surface area contributed by atoms with Crippen LogP contribution in [0.25, 0.3) is 0 Å². The normalized spacial score (nSPS) is 16.3. The third-order valence-corrected chi connectivity index (χ3v) is 13.6. The van der Waals surface area contributed by atoms with Gasteiger partial charge in [-0.15, -0.1) is 0 Å². The van der Waals surface area contributed by atoms with Crippen molar-refractivity contribution in [2.45, 2.75) is 169 Å². The van der Waals surface area contributed by atoms with Crippen molar-refractivity contribution in [2.75, 3.05) is 32.6 Å². The minimum Gasteiger partial charge on any atom is -0.445 e. The van der Waals surface area contributed by atoms with Crippen molar-refractivity contribution in [2.24, 2.45) is 35.3 Å². The Hall–Kier alpha value is -5.65. The van der Waals surface area contributed by atoms with E-state index in [0.717, 1.165) is 37.0 Å². The number of hydrogen-bond acceptors (Lipinski definition) is 11. The van der Waals surface area contributed by atoms with E-state index in [1.54, 1.807) is 59.1 Å². The van der Waals surface area contributed by atoms with E-state index < -0.39 is 41.4 Å². The number of alkyl carbamates (subject to hydrolysis) is 1. The second-order valence-electron chi connectivity index (χ2n) is 20.1. The number of benzene rings is 1. The molecule has 1 aromatic rings. The van der Waals surface area contributed by atoms with Gasteiger partial charge in [-0.3, -0.25) is 38.5 Å². The molecule has 1 saturated carbocycles. The highest BCUT2D eigenvalue weighted by Gasteiger charge is 2.41. The third kappa shape index (κ3) is 18.6. The Morgan fingerprint density at radius 2 is 1.51 bits per heavy atom. The number of primary amides is 1. The van der Waals surface area contributed by atoms with E-state index in [1.165, 1.54) is 18.6 Å². The summed E-state index contributed by atoms with van der Waals surface area (Å²) in [7, 11) is 3.51. The summed E-state index contributed by atoms with van der Waals surface area (Å²) in [6, 6.07) is 4.89. The Bertz CT molecular complexity index is 1960. The van der Waals surface area contributed by atoms with Crippen LogP contribution in [0, 0.1) is 29.6 Å². The predicted octanol–water partition coefficient (Wildman–Crippen LogP) is 6.34. The van der Waals surface area contributed by atoms with Gasteiger partial charge in [0, 0.05) is 76.2 Å². The molecule has 6 N–H and O–H groups in total. The monoisotopic (exact) mass is 980 g/mol. The van der Waals surface area contributed by atoms with E-state index in [0.29, 0.717) is 42.9 Å². The number of hydrogen-bond donors (Lipinski definition) is 5. The summed E-state index contributed by atoms with van der Waals surface area (Å²) in [5, 5.41) is 10.8. The minimum absolute atomic E-state index is 0.0628. The number of imide groups is 1. The first kappa shape index (κ1) is 58.7. The second kappa shape index (κ2) is 28.9. The number of ether oxygens (including phenoxy) is 2. The van der Waals surface area contributed by atoms with E-state index in [-0.39, 0.29) is 105 Å². The Kier molecular flexibility index (Phi) is 24.2. The fourth-order valence-corrected chi connectivity index (χ4v) is 9.31. The molecule has 2 aliphatic rings. The quantitative estimate of drug-likeness (QED) is 0.0420. The SMILES string of the molecule is CC[C@@H](OC)[C@H](C1CCCCC1)N(C)C(=O)[C@@H](CC(=O)C(C)(C)NC(=O)OCc1ccc(NC(=O)C(CCCNC(N)=O)CC(=O)[C@@H](NC(=O)CCCCCN2C(=O)C=CC2=O)C(C)C)cc1)C(C)C. The summed E-state index contributed by atoms with van der Waals surface area (Å²) in [5.74, 6) is -3.74. The van der Waals surface area contributed by atoms with Gasteiger partial charge in [0.05, 0.1) is 23.7 Å². The lowest BCUT2D eigenvalue weighted by Gasteiger charge is -2.42. The molecule has 390 valence electrons. The van der Waals surface area contributed by atoms with E-state index in [1.807, 2.05) is 25.8 Å². The first-order chi connectivity index (χ1) is 33.1. The molecule has 0 spiro atoms. The lowest BCUT2D eigenvalue weighted by atomic mass is 9.79. The van der Waals surface area contributed by atoms with Gasteiger partial charge in [-0.25, -0.2) is 9.59 Å². The number of ketones is 2. The fraction of sp³-hybridized carbons (Fsp3) is 0.673. The zero-order chi connectivity index (χ0) is 52.1. The number of nitrogens with zero attached hydrogens (tertiary/aromatic N) is 2. The van der Waals surface area contributed by atoms with Gasteiger partial charge in [0.15, 0.2) is 11.6 Å². The lowest BCUT2D eigenvalue weighted by molar-refractivity contribution is -0.146. The number of nitrogens with one attached hydrogen (secondary N) is 4. The Morgan fingerprint density at radius 3 is 2.09 bits per heavy atom. The molecule has 0 radical (unpaired) electrons. The highest BCUT2D eigenvalue weighted by atomic mass is 16.5. The average molecular weight is 980 g/mol. The minimum atomic E-state index is -1.34. The van der Waals surface area contributed by atoms with Gasteiger partial charge >= 0.3 is 12.1 Å². The molecule has 1 aliphatic carbocycles. The molecular formula is C52H81N7O11. The van der Waals surface area contributed by atoms with Crippen molar-refractivity contribution in [3.8, 4) is 0 Å². The van der Waals surface area contributed by atoms with Crippen LogP contribution < -0.4 is 27.0 Å². The number of carbonyl (C=O) groups excluding carboxylic acids is 9. The van der Waals surface area contributed by atoms with E-state index in [4.69, 9.17) is 15.2 Å². The summed E-state index contributed by atoms with van der Waals surface area (Å²) in [6.45, 7) is 13.0. The number of likely N-dealkylation sites (N-methyl/N-ethyl adjacent to an activating group) is 1. The Morgan fingerprint density at radius 1 is 0.871 bits per heavy atom. The van der Waals surface area contributed by atoms with Crippen molar-refractivity contribution in [1.29, 1.82) is 0 Å². The predicted molar refractivity (Wildman–Crippen MR) is 266 cm³/mol. The topological polar surface area (TPSA) is 253 Å². The van der Waals surface area contributed by atoms with Crippen LogP contribution in [0.2, 0.25) is 0 Å². The van der Waals surface area contributed by atoms with Gasteiger partial charge < -0.3 is 41.4 Å². The maximum Gasteiger partial charge on any atom is 0.408 e. The maximum absolute atomic E-state index is 14.2. The molecular weight excluding hydrogens is 899 g/mol. The van der Waals surface area contributed by atoms with Gasteiger partial charge in [0.25, 0.3) is 11.8 Å². The molecule has 5 atom stereocenters. The molecule has 1 heterocycles. The van der Waals surface area contributed by atoms with E-state index >= 15 is 0 Å². The van der Waals surface area contributed by atoms with Crippen molar-refractivity contribution in [3.05, 3.63) is 42.0 Å². The third-order valence-electron chi connectivity index (χ3n) is 13.6. The standard InChI is InChI=1S/C52H81N7O11/c1-10-41(69-9)47(36-18-13-11-14-19-36)58(8)49(66)39(33(2)3)31-42(61)52(6,7)57-51(68)70-32-35-22-24-38(25-23-35)55-48(65)37(20-17-28-54-50(53)67)30-40(60)46(34(4)5)56-43(62)21-15-12-16-29-59-44(63)26-27-45(59)64/h22-27,33-34,36-37,39,41,46-47H,10-21,28-32H2,1-9H3,(H,55,65)(H,56,62)(H,57,68)(H3,53,54,67)/t37?,39-,41+,46-,47-/m0/s1. The average Bonchev–Trinajstić information content (AvgIpc) is 3.63. The van der Waals surface area contributed by atoms with Crippen molar-refractivity contribution >= 4 is 58.9 Å². The summed E-state index contributed by atoms with van der Waals surface area (Å²) in [4.78, 5) is 119. The molecule has 0 bridgehead atoms. The van der Waals surface area contributed by atoms with Gasteiger partial charge in [0.2, 0.25) is 17.7 Å². The molecule has 3 rings (SSSR count). The summed E-state index contributed by atoms with van der Waals surface area (Å²) < 4.78 is 11.4. The molecule has 70 heavy (non-hydrogen) atoms. The summed E-state index contributed by atoms with van der Waals surface area (Å²) in [6.07, 6.45) is 9.84. The molecule has 0 saturated heterocycles. The van der Waals surface area contributed by atoms with Crippen LogP contribution in [-0.2, 0) is 49.6 Å². The maximum atomic E-state index is 14.2. The second-order valence-corrected chi connectivity index (χ2v) is 20.1. The number of urea groups is 1. The number of carbonyl (C=O) groups is 9. The Labute approximate surface area is 414 Å². The molecule has 1 unspecified atom stereocenters. The molecule has 8 amide bonds. The highest BCUT2D eigenvalue weighted by Crippen LogP contribution is 2.34. The number of rotatable bonds is 30. The van der Waals surface area contributed by atoms with Crippen LogP contribution in [0.15, 0.2) is 36.4 Å². The number of anilines is 1. The number of amides is 8. The number of nitrogens with two attached hydrogens (primary N) is 1. The highest BCUT2D eigenvalue weighted by molar-refractivity contribution is 6.12. The van der Waals surface area contributed by atoms with Gasteiger partial charge in [0.1, 0.15) is 6.61 Å². The molecule has 1 fully saturated rings. The number of Topliss-reactive ketones (excluding diaryl/α,β-unsaturated/α-hetero) is 2. The summed E-state index contributed by atoms with van der Waals surface area (Å²) in [5.41, 5.74) is 4.88. The van der Waals surface area contributed by atoms with Crippen LogP contribution in [0.1, 0.15) is 144 Å². The van der Waals surface area contributed by atoms with Crippen molar-refractivity contribution < 1.29 is 52.6 Å². The summed E-state index contributed by atoms with van der Waals surface area (Å²) >= 11 is 0. The Balaban J connectivity index is 1.56. The molecule has 18 nitrogen and oxygen atoms in total. The zero-order valence-electron chi connectivity index (χ0n) is 43.1. The fourth-order valence-electron chi connectivity index (χ4n) is 9.31. The smallest absolute Gasteiger partial charge is 0.408 e. The lowest BCUT2D eigenvalue weighted by Crippen LogP contribution is -2.54. The first-order valence-electron chi connectivity index (χ1n) is 25.2. The van der Waals surface area contributed by atoms with Gasteiger partial charge in [-0.2, -0.15) is 0 Å². The molecule has 1 aliphatic heterocycles. The molecule has 18 heteroatoms.